The van der Waals surface area contributed by atoms with E-state index >= 15 is 0 Å². The van der Waals surface area contributed by atoms with Gasteiger partial charge in [-0.2, -0.15) is 0 Å². The number of para-hydroxylation sites is 1. The van der Waals surface area contributed by atoms with Crippen LogP contribution in [0.5, 0.6) is 0 Å². The molecule has 0 bridgehead atoms. The largest absolute Gasteiger partial charge is 0.465 e. The lowest BCUT2D eigenvalue weighted by Gasteiger charge is -2.18. The minimum atomic E-state index is -1.18. The van der Waals surface area contributed by atoms with Crippen LogP contribution in [0.15, 0.2) is 57.8 Å². The van der Waals surface area contributed by atoms with Crippen LogP contribution in [0, 0.1) is 0 Å². The van der Waals surface area contributed by atoms with Crippen molar-refractivity contribution in [2.75, 3.05) is 0 Å². The SMILES string of the molecule is CC(NC(=O)O)c1nc2cccc(Br)c2c(=O)n1-c1ccccc1. The molecule has 3 aromatic rings. The second-order valence-corrected chi connectivity index (χ2v) is 6.11. The topological polar surface area (TPSA) is 84.2 Å². The molecule has 1 aromatic heterocycles. The summed E-state index contributed by atoms with van der Waals surface area (Å²) in [6.07, 6.45) is -1.18. The Bertz CT molecular complexity index is 970. The van der Waals surface area contributed by atoms with E-state index in [2.05, 4.69) is 26.2 Å². The Morgan fingerprint density at radius 1 is 1.21 bits per heavy atom. The molecule has 6 nitrogen and oxygen atoms in total. The van der Waals surface area contributed by atoms with Gasteiger partial charge in [-0.05, 0) is 47.1 Å². The van der Waals surface area contributed by atoms with Crippen LogP contribution in [0.25, 0.3) is 16.6 Å². The van der Waals surface area contributed by atoms with E-state index in [1.807, 2.05) is 18.2 Å². The number of nitrogens with zero attached hydrogens (tertiary/aromatic N) is 2. The Morgan fingerprint density at radius 3 is 2.58 bits per heavy atom. The van der Waals surface area contributed by atoms with Crippen LogP contribution in [0.3, 0.4) is 0 Å². The molecule has 2 N–H and O–H groups in total. The van der Waals surface area contributed by atoms with Crippen LogP contribution in [0.4, 0.5) is 4.79 Å². The van der Waals surface area contributed by atoms with Crippen molar-refractivity contribution in [2.24, 2.45) is 0 Å². The van der Waals surface area contributed by atoms with Gasteiger partial charge in [-0.15, -0.1) is 0 Å². The van der Waals surface area contributed by atoms with E-state index in [1.54, 1.807) is 37.3 Å². The Kier molecular flexibility index (Phi) is 4.35. The predicted octanol–water partition coefficient (Wildman–Crippen LogP) is 3.48. The van der Waals surface area contributed by atoms with E-state index in [-0.39, 0.29) is 5.56 Å². The number of halogens is 1. The molecule has 3 rings (SSSR count). The second-order valence-electron chi connectivity index (χ2n) is 5.25. The molecule has 24 heavy (non-hydrogen) atoms. The lowest BCUT2D eigenvalue weighted by molar-refractivity contribution is 0.190. The number of benzene rings is 2. The first-order chi connectivity index (χ1) is 11.5. The maximum Gasteiger partial charge on any atom is 0.405 e. The third-order valence-electron chi connectivity index (χ3n) is 3.61. The second kappa shape index (κ2) is 6.45. The van der Waals surface area contributed by atoms with E-state index in [0.29, 0.717) is 26.9 Å². The highest BCUT2D eigenvalue weighted by atomic mass is 79.9. The average molecular weight is 388 g/mol. The van der Waals surface area contributed by atoms with Gasteiger partial charge in [0, 0.05) is 4.47 Å². The molecular weight excluding hydrogens is 374 g/mol. The number of nitrogens with one attached hydrogen (secondary N) is 1. The molecule has 0 aliphatic rings. The first-order valence-corrected chi connectivity index (χ1v) is 8.04. The van der Waals surface area contributed by atoms with Crippen molar-refractivity contribution in [3.05, 3.63) is 69.2 Å². The minimum Gasteiger partial charge on any atom is -0.465 e. The van der Waals surface area contributed by atoms with Gasteiger partial charge in [-0.25, -0.2) is 9.78 Å². The van der Waals surface area contributed by atoms with Crippen LogP contribution in [0.2, 0.25) is 0 Å². The van der Waals surface area contributed by atoms with E-state index in [9.17, 15) is 9.59 Å². The summed E-state index contributed by atoms with van der Waals surface area (Å²) in [5.74, 6) is 0.333. The monoisotopic (exact) mass is 387 g/mol. The Hall–Kier alpha value is -2.67. The highest BCUT2D eigenvalue weighted by Gasteiger charge is 2.20. The summed E-state index contributed by atoms with van der Waals surface area (Å²) < 4.78 is 2.08. The molecule has 0 aliphatic carbocycles. The molecule has 0 aliphatic heterocycles. The fourth-order valence-corrected chi connectivity index (χ4v) is 3.10. The number of amides is 1. The third kappa shape index (κ3) is 2.90. The van der Waals surface area contributed by atoms with Crippen molar-refractivity contribution in [3.63, 3.8) is 0 Å². The van der Waals surface area contributed by atoms with E-state index in [1.165, 1.54) is 4.57 Å². The predicted molar refractivity (Wildman–Crippen MR) is 94.6 cm³/mol. The summed E-state index contributed by atoms with van der Waals surface area (Å²) in [4.78, 5) is 28.6. The van der Waals surface area contributed by atoms with Crippen molar-refractivity contribution in [3.8, 4) is 5.69 Å². The summed E-state index contributed by atoms with van der Waals surface area (Å²) in [5.41, 5.74) is 0.880. The number of rotatable bonds is 3. The number of carboxylic acid groups (broad SMARTS) is 1. The van der Waals surface area contributed by atoms with Gasteiger partial charge in [0.05, 0.1) is 22.6 Å². The van der Waals surface area contributed by atoms with Gasteiger partial charge < -0.3 is 10.4 Å². The van der Waals surface area contributed by atoms with E-state index in [4.69, 9.17) is 5.11 Å². The zero-order chi connectivity index (χ0) is 17.3. The number of fused-ring (bicyclic) bond motifs is 1. The molecule has 0 spiro atoms. The molecule has 1 unspecified atom stereocenters. The molecule has 1 heterocycles. The highest BCUT2D eigenvalue weighted by molar-refractivity contribution is 9.10. The number of carbonyl (C=O) groups is 1. The summed E-state index contributed by atoms with van der Waals surface area (Å²) in [5, 5.41) is 11.8. The molecule has 122 valence electrons. The molecule has 0 radical (unpaired) electrons. The van der Waals surface area contributed by atoms with Crippen molar-refractivity contribution >= 4 is 32.9 Å². The summed E-state index contributed by atoms with van der Waals surface area (Å²) in [7, 11) is 0. The molecule has 2 aromatic carbocycles. The van der Waals surface area contributed by atoms with Gasteiger partial charge >= 0.3 is 6.09 Å². The molecule has 7 heteroatoms. The van der Waals surface area contributed by atoms with E-state index in [0.717, 1.165) is 0 Å². The van der Waals surface area contributed by atoms with Gasteiger partial charge in [0.25, 0.3) is 5.56 Å². The normalized spacial score (nSPS) is 12.1. The average Bonchev–Trinajstić information content (AvgIpc) is 2.54. The standard InChI is InChI=1S/C17H14BrN3O3/c1-10(19-17(23)24)15-20-13-9-5-8-12(18)14(13)16(22)21(15)11-6-3-2-4-7-11/h2-10,19H,1H3,(H,23,24). The van der Waals surface area contributed by atoms with Crippen molar-refractivity contribution in [1.29, 1.82) is 0 Å². The number of hydrogen-bond donors (Lipinski definition) is 2. The minimum absolute atomic E-state index is 0.257. The fourth-order valence-electron chi connectivity index (χ4n) is 2.57. The van der Waals surface area contributed by atoms with Gasteiger partial charge in [0.1, 0.15) is 5.82 Å². The van der Waals surface area contributed by atoms with Crippen LogP contribution in [0.1, 0.15) is 18.8 Å². The first-order valence-electron chi connectivity index (χ1n) is 7.25. The highest BCUT2D eigenvalue weighted by Crippen LogP contribution is 2.23. The fraction of sp³-hybridized carbons (Fsp3) is 0.118. The maximum atomic E-state index is 13.1. The Balaban J connectivity index is 2.37. The van der Waals surface area contributed by atoms with Crippen LogP contribution in [-0.2, 0) is 0 Å². The van der Waals surface area contributed by atoms with Crippen LogP contribution >= 0.6 is 15.9 Å². The molecule has 0 fully saturated rings. The summed E-state index contributed by atoms with van der Waals surface area (Å²) in [6.45, 7) is 1.65. The smallest absolute Gasteiger partial charge is 0.405 e. The Morgan fingerprint density at radius 2 is 1.92 bits per heavy atom. The Labute approximate surface area is 145 Å². The molecular formula is C17H14BrN3O3. The lowest BCUT2D eigenvalue weighted by Crippen LogP contribution is -2.32. The maximum absolute atomic E-state index is 13.1. The molecule has 1 amide bonds. The zero-order valence-corrected chi connectivity index (χ0v) is 14.3. The van der Waals surface area contributed by atoms with Crippen LogP contribution in [-0.4, -0.2) is 20.8 Å². The van der Waals surface area contributed by atoms with Crippen LogP contribution < -0.4 is 10.9 Å². The van der Waals surface area contributed by atoms with Crippen molar-refractivity contribution in [1.82, 2.24) is 14.9 Å². The van der Waals surface area contributed by atoms with Gasteiger partial charge in [-0.3, -0.25) is 9.36 Å². The molecule has 1 atom stereocenters. The van der Waals surface area contributed by atoms with Crippen molar-refractivity contribution < 1.29 is 9.90 Å². The summed E-state index contributed by atoms with van der Waals surface area (Å²) >= 11 is 3.39. The quantitative estimate of drug-likeness (QED) is 0.720. The molecule has 0 saturated carbocycles. The van der Waals surface area contributed by atoms with Crippen molar-refractivity contribution in [2.45, 2.75) is 13.0 Å². The van der Waals surface area contributed by atoms with Gasteiger partial charge in [0.15, 0.2) is 0 Å². The van der Waals surface area contributed by atoms with Gasteiger partial charge in [-0.1, -0.05) is 24.3 Å². The first kappa shape index (κ1) is 16.2. The number of aromatic nitrogens is 2. The summed E-state index contributed by atoms with van der Waals surface area (Å²) in [6, 6.07) is 13.7. The molecule has 0 saturated heterocycles. The van der Waals surface area contributed by atoms with Gasteiger partial charge in [0.2, 0.25) is 0 Å². The lowest BCUT2D eigenvalue weighted by atomic mass is 10.2. The zero-order valence-electron chi connectivity index (χ0n) is 12.7. The third-order valence-corrected chi connectivity index (χ3v) is 4.28. The number of hydrogen-bond acceptors (Lipinski definition) is 3. The van der Waals surface area contributed by atoms with E-state index < -0.39 is 12.1 Å².